The highest BCUT2D eigenvalue weighted by molar-refractivity contribution is 6.19. The molecular weight excluding hydrogens is 302 g/mol. The van der Waals surface area contributed by atoms with Crippen LogP contribution in [0.15, 0.2) is 35.7 Å². The van der Waals surface area contributed by atoms with Crippen molar-refractivity contribution in [2.45, 2.75) is 13.8 Å². The van der Waals surface area contributed by atoms with E-state index in [1.807, 2.05) is 0 Å². The lowest BCUT2D eigenvalue weighted by atomic mass is 10.2. The van der Waals surface area contributed by atoms with Gasteiger partial charge in [0.1, 0.15) is 0 Å². The van der Waals surface area contributed by atoms with E-state index in [4.69, 9.17) is 14.2 Å². The second-order valence-corrected chi connectivity index (χ2v) is 4.56. The average molecular weight is 319 g/mol. The summed E-state index contributed by atoms with van der Waals surface area (Å²) >= 11 is 0. The molecule has 2 rings (SSSR count). The highest BCUT2D eigenvalue weighted by atomic mass is 16.5. The predicted octanol–water partition coefficient (Wildman–Crippen LogP) is 1.65. The number of Topliss-reactive ketones (excluding diaryl/α,β-unsaturated/α-hetero) is 1. The molecule has 1 heterocycles. The molecule has 0 amide bonds. The van der Waals surface area contributed by atoms with E-state index in [9.17, 15) is 14.4 Å². The van der Waals surface area contributed by atoms with Gasteiger partial charge in [-0.2, -0.15) is 0 Å². The van der Waals surface area contributed by atoms with Crippen molar-refractivity contribution < 1.29 is 28.6 Å². The fraction of sp³-hybridized carbons (Fsp3) is 0.312. The van der Waals surface area contributed by atoms with Crippen molar-refractivity contribution in [3.05, 3.63) is 41.3 Å². The number of nitrogens with one attached hydrogen (secondary N) is 1. The number of ketones is 1. The zero-order valence-electron chi connectivity index (χ0n) is 12.9. The Kier molecular flexibility index (Phi) is 5.35. The molecule has 0 aliphatic carbocycles. The molecule has 0 radical (unpaired) electrons. The van der Waals surface area contributed by atoms with Crippen molar-refractivity contribution in [1.29, 1.82) is 0 Å². The van der Waals surface area contributed by atoms with Gasteiger partial charge in [0.05, 0.1) is 18.8 Å². The molecule has 1 aromatic carbocycles. The van der Waals surface area contributed by atoms with Crippen LogP contribution >= 0.6 is 0 Å². The lowest BCUT2D eigenvalue weighted by Gasteiger charge is -2.09. The maximum Gasteiger partial charge on any atom is 0.347 e. The van der Waals surface area contributed by atoms with Crippen LogP contribution in [0, 0.1) is 0 Å². The molecular formula is C16H17NO6. The molecule has 23 heavy (non-hydrogen) atoms. The van der Waals surface area contributed by atoms with Gasteiger partial charge in [-0.1, -0.05) is 0 Å². The van der Waals surface area contributed by atoms with Crippen LogP contribution in [0.2, 0.25) is 0 Å². The number of carbonyl (C=O) groups is 3. The van der Waals surface area contributed by atoms with E-state index in [-0.39, 0.29) is 24.7 Å². The van der Waals surface area contributed by atoms with Crippen LogP contribution in [0.4, 0.5) is 5.69 Å². The summed E-state index contributed by atoms with van der Waals surface area (Å²) in [6.07, 6.45) is 0. The zero-order chi connectivity index (χ0) is 16.8. The molecule has 0 saturated carbocycles. The van der Waals surface area contributed by atoms with Crippen LogP contribution in [-0.4, -0.2) is 37.5 Å². The number of carbonyl (C=O) groups excluding carboxylic acids is 3. The van der Waals surface area contributed by atoms with Gasteiger partial charge in [0.2, 0.25) is 11.7 Å². The van der Waals surface area contributed by atoms with E-state index >= 15 is 0 Å². The van der Waals surface area contributed by atoms with E-state index < -0.39 is 17.7 Å². The molecule has 7 nitrogen and oxygen atoms in total. The summed E-state index contributed by atoms with van der Waals surface area (Å²) < 4.78 is 14.9. The third-order valence-electron chi connectivity index (χ3n) is 2.99. The molecule has 0 aromatic heterocycles. The van der Waals surface area contributed by atoms with Gasteiger partial charge in [-0.15, -0.1) is 0 Å². The van der Waals surface area contributed by atoms with Crippen molar-refractivity contribution in [3.63, 3.8) is 0 Å². The summed E-state index contributed by atoms with van der Waals surface area (Å²) in [6, 6.07) is 6.38. The number of ether oxygens (including phenoxy) is 3. The maximum absolute atomic E-state index is 11.8. The fourth-order valence-corrected chi connectivity index (χ4v) is 1.95. The van der Waals surface area contributed by atoms with E-state index in [1.165, 1.54) is 0 Å². The molecule has 0 fully saturated rings. The predicted molar refractivity (Wildman–Crippen MR) is 80.6 cm³/mol. The van der Waals surface area contributed by atoms with Crippen LogP contribution in [0.1, 0.15) is 24.2 Å². The Bertz CT molecular complexity index is 647. The van der Waals surface area contributed by atoms with E-state index in [0.717, 1.165) is 0 Å². The first kappa shape index (κ1) is 16.5. The number of anilines is 1. The Morgan fingerprint density at radius 3 is 2.30 bits per heavy atom. The summed E-state index contributed by atoms with van der Waals surface area (Å²) in [5.41, 5.74) is 0.825. The minimum atomic E-state index is -0.722. The second kappa shape index (κ2) is 7.44. The Hall–Kier alpha value is -2.83. The summed E-state index contributed by atoms with van der Waals surface area (Å²) in [6.45, 7) is 3.63. The minimum absolute atomic E-state index is 0.0531. The van der Waals surface area contributed by atoms with Crippen LogP contribution in [-0.2, 0) is 23.8 Å². The molecule has 1 aliphatic heterocycles. The van der Waals surface area contributed by atoms with Crippen LogP contribution in [0.25, 0.3) is 0 Å². The van der Waals surface area contributed by atoms with E-state index in [0.29, 0.717) is 17.9 Å². The number of esters is 2. The van der Waals surface area contributed by atoms with Gasteiger partial charge in [0.25, 0.3) is 0 Å². The third kappa shape index (κ3) is 3.88. The second-order valence-electron chi connectivity index (χ2n) is 4.56. The first-order valence-corrected chi connectivity index (χ1v) is 7.18. The monoisotopic (exact) mass is 319 g/mol. The third-order valence-corrected chi connectivity index (χ3v) is 2.99. The normalized spacial score (nSPS) is 13.6. The van der Waals surface area contributed by atoms with Crippen molar-refractivity contribution in [2.24, 2.45) is 0 Å². The molecule has 1 aliphatic rings. The molecule has 7 heteroatoms. The molecule has 0 spiro atoms. The Labute approximate surface area is 133 Å². The number of rotatable bonds is 6. The first-order chi connectivity index (χ1) is 11.1. The minimum Gasteiger partial charge on any atom is -0.470 e. The van der Waals surface area contributed by atoms with E-state index in [2.05, 4.69) is 5.32 Å². The molecule has 122 valence electrons. The van der Waals surface area contributed by atoms with Gasteiger partial charge in [-0.3, -0.25) is 4.79 Å². The number of hydrogen-bond donors (Lipinski definition) is 1. The van der Waals surface area contributed by atoms with E-state index in [1.54, 1.807) is 38.1 Å². The molecule has 0 bridgehead atoms. The Balaban J connectivity index is 2.15. The molecule has 0 atom stereocenters. The van der Waals surface area contributed by atoms with Crippen molar-refractivity contribution in [3.8, 4) is 0 Å². The summed E-state index contributed by atoms with van der Waals surface area (Å²) in [4.78, 5) is 35.1. The summed E-state index contributed by atoms with van der Waals surface area (Å²) in [5, 5.41) is 2.84. The maximum atomic E-state index is 11.8. The zero-order valence-corrected chi connectivity index (χ0v) is 12.9. The van der Waals surface area contributed by atoms with Crippen molar-refractivity contribution in [1.82, 2.24) is 0 Å². The van der Waals surface area contributed by atoms with Crippen molar-refractivity contribution >= 4 is 23.4 Å². The smallest absolute Gasteiger partial charge is 0.347 e. The van der Waals surface area contributed by atoms with Crippen LogP contribution in [0.3, 0.4) is 0 Å². The highest BCUT2D eigenvalue weighted by Crippen LogP contribution is 2.21. The highest BCUT2D eigenvalue weighted by Gasteiger charge is 2.32. The van der Waals surface area contributed by atoms with Gasteiger partial charge < -0.3 is 19.5 Å². The Morgan fingerprint density at radius 2 is 1.70 bits per heavy atom. The first-order valence-electron chi connectivity index (χ1n) is 7.18. The van der Waals surface area contributed by atoms with Gasteiger partial charge in [-0.05, 0) is 38.1 Å². The van der Waals surface area contributed by atoms with Gasteiger partial charge in [0, 0.05) is 5.69 Å². The molecule has 0 unspecified atom stereocenters. The van der Waals surface area contributed by atoms with Gasteiger partial charge >= 0.3 is 11.9 Å². The lowest BCUT2D eigenvalue weighted by Crippen LogP contribution is -2.16. The fourth-order valence-electron chi connectivity index (χ4n) is 1.95. The standard InChI is InChI=1S/C16H17NO6/c1-3-21-15(19)10-5-7-11(8-6-10)17-14-13(12(18)9-23-14)16(20)22-4-2/h5-8,17H,3-4,9H2,1-2H3. The number of hydrogen-bond acceptors (Lipinski definition) is 7. The quantitative estimate of drug-likeness (QED) is 0.629. The lowest BCUT2D eigenvalue weighted by molar-refractivity contribution is -0.139. The SMILES string of the molecule is CCOC(=O)C1=C(Nc2ccc(C(=O)OCC)cc2)OCC1=O. The largest absolute Gasteiger partial charge is 0.470 e. The summed E-state index contributed by atoms with van der Waals surface area (Å²) in [5.74, 6) is -1.52. The van der Waals surface area contributed by atoms with Gasteiger partial charge in [-0.25, -0.2) is 9.59 Å². The summed E-state index contributed by atoms with van der Waals surface area (Å²) in [7, 11) is 0. The topological polar surface area (TPSA) is 90.9 Å². The Morgan fingerprint density at radius 1 is 1.09 bits per heavy atom. The number of benzene rings is 1. The average Bonchev–Trinajstić information content (AvgIpc) is 2.89. The molecule has 1 aromatic rings. The molecule has 0 saturated heterocycles. The van der Waals surface area contributed by atoms with Gasteiger partial charge in [0.15, 0.2) is 12.2 Å². The van der Waals surface area contributed by atoms with Crippen LogP contribution in [0.5, 0.6) is 0 Å². The van der Waals surface area contributed by atoms with Crippen LogP contribution < -0.4 is 5.32 Å². The van der Waals surface area contributed by atoms with Crippen molar-refractivity contribution in [2.75, 3.05) is 25.1 Å². The molecule has 1 N–H and O–H groups in total.